The molecule has 2 heterocycles. The van der Waals surface area contributed by atoms with E-state index in [0.717, 1.165) is 19.3 Å². The van der Waals surface area contributed by atoms with Gasteiger partial charge in [0, 0.05) is 12.1 Å². The van der Waals surface area contributed by atoms with Gasteiger partial charge in [-0.15, -0.1) is 12.4 Å². The van der Waals surface area contributed by atoms with E-state index in [1.165, 1.54) is 0 Å². The van der Waals surface area contributed by atoms with Gasteiger partial charge in [-0.3, -0.25) is 0 Å². The molecule has 2 aliphatic rings. The Balaban J connectivity index is 0.00000128. The van der Waals surface area contributed by atoms with Crippen molar-refractivity contribution in [2.24, 2.45) is 5.73 Å². The predicted molar refractivity (Wildman–Crippen MR) is 64.7 cm³/mol. The number of hydrogen-bond donors (Lipinski definition) is 1. The first kappa shape index (κ1) is 13.6. The molecule has 2 saturated heterocycles. The van der Waals surface area contributed by atoms with Crippen LogP contribution in [0.5, 0.6) is 0 Å². The molecular formula is C11H21ClN2O2. The van der Waals surface area contributed by atoms with Crippen molar-refractivity contribution >= 4 is 18.5 Å². The van der Waals surface area contributed by atoms with Gasteiger partial charge in [0.25, 0.3) is 0 Å². The lowest BCUT2D eigenvalue weighted by molar-refractivity contribution is 0.0213. The van der Waals surface area contributed by atoms with Gasteiger partial charge in [-0.25, -0.2) is 4.79 Å². The van der Waals surface area contributed by atoms with Gasteiger partial charge in [0.05, 0.1) is 6.04 Å². The molecule has 3 atom stereocenters. The standard InChI is InChI=1S/C11H20N2O2.ClH/c1-11(2,3)15-10(14)13-7-4-5-9(13)8(12)6-7;/h7-9H,4-6,12H2,1-3H3;1H. The van der Waals surface area contributed by atoms with Crippen LogP contribution < -0.4 is 5.73 Å². The van der Waals surface area contributed by atoms with E-state index in [0.29, 0.717) is 6.04 Å². The number of amides is 1. The fourth-order valence-electron chi connectivity index (χ4n) is 2.63. The lowest BCUT2D eigenvalue weighted by Gasteiger charge is -2.27. The van der Waals surface area contributed by atoms with Gasteiger partial charge in [-0.2, -0.15) is 0 Å². The maximum Gasteiger partial charge on any atom is 0.410 e. The fourth-order valence-corrected chi connectivity index (χ4v) is 2.63. The Morgan fingerprint density at radius 2 is 2.00 bits per heavy atom. The Morgan fingerprint density at radius 1 is 1.38 bits per heavy atom. The van der Waals surface area contributed by atoms with E-state index < -0.39 is 5.60 Å². The third-order valence-corrected chi connectivity index (χ3v) is 3.19. The SMILES string of the molecule is CC(C)(C)OC(=O)N1C2CCC1C(N)C2.Cl. The number of ether oxygens (including phenoxy) is 1. The molecule has 94 valence electrons. The predicted octanol–water partition coefficient (Wildman–Crippen LogP) is 1.91. The zero-order chi connectivity index (χ0) is 11.2. The van der Waals surface area contributed by atoms with E-state index in [2.05, 4.69) is 0 Å². The summed E-state index contributed by atoms with van der Waals surface area (Å²) in [5, 5.41) is 0. The van der Waals surface area contributed by atoms with Crippen molar-refractivity contribution in [3.63, 3.8) is 0 Å². The zero-order valence-electron chi connectivity index (χ0n) is 10.1. The highest BCUT2D eigenvalue weighted by Gasteiger charge is 2.48. The number of nitrogens with zero attached hydrogens (tertiary/aromatic N) is 1. The molecule has 0 spiro atoms. The minimum Gasteiger partial charge on any atom is -0.444 e. The summed E-state index contributed by atoms with van der Waals surface area (Å²) in [6.45, 7) is 5.68. The van der Waals surface area contributed by atoms with E-state index in [1.54, 1.807) is 0 Å². The van der Waals surface area contributed by atoms with Crippen LogP contribution in [-0.4, -0.2) is 34.7 Å². The van der Waals surface area contributed by atoms with Gasteiger partial charge in [0.15, 0.2) is 0 Å². The van der Waals surface area contributed by atoms with Crippen LogP contribution in [-0.2, 0) is 4.74 Å². The van der Waals surface area contributed by atoms with Crippen molar-refractivity contribution in [2.45, 2.75) is 63.8 Å². The Labute approximate surface area is 103 Å². The summed E-state index contributed by atoms with van der Waals surface area (Å²) in [6.07, 6.45) is 2.86. The molecule has 16 heavy (non-hydrogen) atoms. The maximum atomic E-state index is 11.9. The van der Waals surface area contributed by atoms with Gasteiger partial charge < -0.3 is 15.4 Å². The maximum absolute atomic E-state index is 11.9. The topological polar surface area (TPSA) is 55.6 Å². The second-order valence-electron chi connectivity index (χ2n) is 5.59. The van der Waals surface area contributed by atoms with Crippen LogP contribution in [0.25, 0.3) is 0 Å². The van der Waals surface area contributed by atoms with Crippen LogP contribution in [0, 0.1) is 0 Å². The number of halogens is 1. The summed E-state index contributed by atoms with van der Waals surface area (Å²) in [6, 6.07) is 0.681. The first-order valence-corrected chi connectivity index (χ1v) is 5.65. The van der Waals surface area contributed by atoms with Crippen LogP contribution in [0.1, 0.15) is 40.0 Å². The largest absolute Gasteiger partial charge is 0.444 e. The minimum absolute atomic E-state index is 0. The zero-order valence-corrected chi connectivity index (χ0v) is 10.9. The van der Waals surface area contributed by atoms with Gasteiger partial charge in [0.1, 0.15) is 5.60 Å². The van der Waals surface area contributed by atoms with Crippen molar-refractivity contribution in [1.82, 2.24) is 4.90 Å². The molecule has 0 aromatic heterocycles. The van der Waals surface area contributed by atoms with Crippen LogP contribution in [0.4, 0.5) is 4.79 Å². The monoisotopic (exact) mass is 248 g/mol. The average Bonchev–Trinajstić information content (AvgIpc) is 2.55. The molecule has 0 aromatic carbocycles. The molecule has 3 unspecified atom stereocenters. The Morgan fingerprint density at radius 3 is 2.38 bits per heavy atom. The summed E-state index contributed by atoms with van der Waals surface area (Å²) in [7, 11) is 0. The summed E-state index contributed by atoms with van der Waals surface area (Å²) in [5.74, 6) is 0. The number of hydrogen-bond acceptors (Lipinski definition) is 3. The first-order chi connectivity index (χ1) is 6.88. The molecule has 2 rings (SSSR count). The molecule has 2 fully saturated rings. The van der Waals surface area contributed by atoms with Crippen LogP contribution in [0.15, 0.2) is 0 Å². The van der Waals surface area contributed by atoms with Crippen LogP contribution in [0.2, 0.25) is 0 Å². The third kappa shape index (κ3) is 2.43. The van der Waals surface area contributed by atoms with Gasteiger partial charge >= 0.3 is 6.09 Å². The number of fused-ring (bicyclic) bond motifs is 2. The summed E-state index contributed by atoms with van der Waals surface area (Å²) in [5.41, 5.74) is 5.55. The third-order valence-electron chi connectivity index (χ3n) is 3.19. The second kappa shape index (κ2) is 4.41. The summed E-state index contributed by atoms with van der Waals surface area (Å²) in [4.78, 5) is 13.8. The molecule has 0 saturated carbocycles. The Kier molecular flexibility index (Phi) is 3.75. The Hall–Kier alpha value is -0.480. The number of rotatable bonds is 0. The number of carbonyl (C=O) groups excluding carboxylic acids is 1. The molecule has 4 nitrogen and oxygen atoms in total. The van der Waals surface area contributed by atoms with Crippen molar-refractivity contribution in [3.8, 4) is 0 Å². The lowest BCUT2D eigenvalue weighted by atomic mass is 9.97. The highest BCUT2D eigenvalue weighted by molar-refractivity contribution is 5.85. The van der Waals surface area contributed by atoms with E-state index >= 15 is 0 Å². The van der Waals surface area contributed by atoms with Crippen molar-refractivity contribution in [1.29, 1.82) is 0 Å². The molecule has 2 bridgehead atoms. The van der Waals surface area contributed by atoms with E-state index in [4.69, 9.17) is 10.5 Å². The van der Waals surface area contributed by atoms with Gasteiger partial charge in [-0.05, 0) is 40.0 Å². The van der Waals surface area contributed by atoms with Crippen LogP contribution in [0.3, 0.4) is 0 Å². The number of nitrogens with two attached hydrogens (primary N) is 1. The molecular weight excluding hydrogens is 228 g/mol. The molecule has 2 aliphatic heterocycles. The summed E-state index contributed by atoms with van der Waals surface area (Å²) >= 11 is 0. The molecule has 0 aromatic rings. The first-order valence-electron chi connectivity index (χ1n) is 5.65. The molecule has 0 radical (unpaired) electrons. The minimum atomic E-state index is -0.413. The van der Waals surface area contributed by atoms with Gasteiger partial charge in [-0.1, -0.05) is 0 Å². The van der Waals surface area contributed by atoms with E-state index in [9.17, 15) is 4.79 Å². The highest BCUT2D eigenvalue weighted by atomic mass is 35.5. The van der Waals surface area contributed by atoms with Crippen molar-refractivity contribution in [3.05, 3.63) is 0 Å². The quantitative estimate of drug-likeness (QED) is 0.713. The smallest absolute Gasteiger partial charge is 0.410 e. The molecule has 0 aliphatic carbocycles. The highest BCUT2D eigenvalue weighted by Crippen LogP contribution is 2.37. The van der Waals surface area contributed by atoms with E-state index in [1.807, 2.05) is 25.7 Å². The molecule has 5 heteroatoms. The molecule has 1 amide bonds. The van der Waals surface area contributed by atoms with Crippen LogP contribution >= 0.6 is 12.4 Å². The number of carbonyl (C=O) groups is 1. The normalized spacial score (nSPS) is 32.5. The average molecular weight is 249 g/mol. The fraction of sp³-hybridized carbons (Fsp3) is 0.909. The second-order valence-corrected chi connectivity index (χ2v) is 5.59. The van der Waals surface area contributed by atoms with Crippen molar-refractivity contribution in [2.75, 3.05) is 0 Å². The lowest BCUT2D eigenvalue weighted by Crippen LogP contribution is -2.43. The van der Waals surface area contributed by atoms with Crippen molar-refractivity contribution < 1.29 is 9.53 Å². The summed E-state index contributed by atoms with van der Waals surface area (Å²) < 4.78 is 5.38. The van der Waals surface area contributed by atoms with Gasteiger partial charge in [0.2, 0.25) is 0 Å². The molecule has 2 N–H and O–H groups in total. The Bertz CT molecular complexity index is 278. The van der Waals surface area contributed by atoms with E-state index in [-0.39, 0.29) is 30.6 Å².